The molecule has 0 amide bonds. The Morgan fingerprint density at radius 3 is 2.53 bits per heavy atom. The van der Waals surface area contributed by atoms with Gasteiger partial charge in [0.05, 0.1) is 7.11 Å². The van der Waals surface area contributed by atoms with Crippen LogP contribution in [0.15, 0.2) is 0 Å². The topological polar surface area (TPSA) is 41.6 Å². The van der Waals surface area contributed by atoms with Crippen LogP contribution in [-0.4, -0.2) is 49.7 Å². The molecule has 3 unspecified atom stereocenters. The molecule has 0 aromatic carbocycles. The lowest BCUT2D eigenvalue weighted by atomic mass is 9.97. The number of hydrogen-bond donors (Lipinski definition) is 1. The summed E-state index contributed by atoms with van der Waals surface area (Å²) in [6.45, 7) is 8.23. The molecular weight excluding hydrogens is 240 g/mol. The van der Waals surface area contributed by atoms with Gasteiger partial charge in [-0.05, 0) is 44.6 Å². The van der Waals surface area contributed by atoms with E-state index in [1.807, 2.05) is 13.8 Å². The largest absolute Gasteiger partial charge is 0.468 e. The highest BCUT2D eigenvalue weighted by molar-refractivity contribution is 5.80. The van der Waals surface area contributed by atoms with E-state index in [0.29, 0.717) is 0 Å². The molecular formula is C15H28N2O2. The Morgan fingerprint density at radius 1 is 1.37 bits per heavy atom. The summed E-state index contributed by atoms with van der Waals surface area (Å²) in [5.74, 6) is 1.70. The highest BCUT2D eigenvalue weighted by Gasteiger charge is 2.38. The first-order chi connectivity index (χ1) is 9.09. The zero-order valence-electron chi connectivity index (χ0n) is 12.6. The fourth-order valence-corrected chi connectivity index (χ4v) is 3.77. The molecule has 0 spiro atoms. The molecule has 1 saturated heterocycles. The van der Waals surface area contributed by atoms with Gasteiger partial charge in [-0.2, -0.15) is 0 Å². The Morgan fingerprint density at radius 2 is 2.00 bits per heavy atom. The number of likely N-dealkylation sites (tertiary alicyclic amines) is 1. The van der Waals surface area contributed by atoms with Gasteiger partial charge in [0.1, 0.15) is 5.54 Å². The Balaban J connectivity index is 1.84. The SMILES string of the molecule is CCNC(C)(CCN1CC2CCCC2C1)C(=O)OC. The molecule has 0 radical (unpaired) electrons. The number of nitrogens with zero attached hydrogens (tertiary/aromatic N) is 1. The van der Waals surface area contributed by atoms with Crippen molar-refractivity contribution in [1.29, 1.82) is 0 Å². The van der Waals surface area contributed by atoms with Crippen molar-refractivity contribution >= 4 is 5.97 Å². The molecule has 2 fully saturated rings. The molecule has 4 heteroatoms. The zero-order valence-corrected chi connectivity index (χ0v) is 12.6. The van der Waals surface area contributed by atoms with Crippen molar-refractivity contribution in [3.05, 3.63) is 0 Å². The van der Waals surface area contributed by atoms with Crippen LogP contribution in [0.3, 0.4) is 0 Å². The second kappa shape index (κ2) is 6.23. The van der Waals surface area contributed by atoms with E-state index < -0.39 is 5.54 Å². The Labute approximate surface area is 116 Å². The van der Waals surface area contributed by atoms with Crippen LogP contribution in [0.2, 0.25) is 0 Å². The number of esters is 1. The van der Waals surface area contributed by atoms with E-state index in [1.54, 1.807) is 0 Å². The number of ether oxygens (including phenoxy) is 1. The van der Waals surface area contributed by atoms with Gasteiger partial charge in [-0.3, -0.25) is 4.79 Å². The quantitative estimate of drug-likeness (QED) is 0.744. The minimum atomic E-state index is -0.540. The third-order valence-electron chi connectivity index (χ3n) is 4.93. The van der Waals surface area contributed by atoms with Gasteiger partial charge in [-0.25, -0.2) is 0 Å². The van der Waals surface area contributed by atoms with E-state index in [0.717, 1.165) is 31.3 Å². The van der Waals surface area contributed by atoms with Crippen LogP contribution in [-0.2, 0) is 9.53 Å². The van der Waals surface area contributed by atoms with Crippen LogP contribution in [0.4, 0.5) is 0 Å². The zero-order chi connectivity index (χ0) is 13.9. The average Bonchev–Trinajstić information content (AvgIpc) is 2.96. The molecule has 19 heavy (non-hydrogen) atoms. The van der Waals surface area contributed by atoms with E-state index in [1.165, 1.54) is 39.5 Å². The molecule has 1 heterocycles. The van der Waals surface area contributed by atoms with Gasteiger partial charge in [0, 0.05) is 19.6 Å². The molecule has 0 aromatic rings. The maximum atomic E-state index is 11.9. The van der Waals surface area contributed by atoms with Gasteiger partial charge in [-0.15, -0.1) is 0 Å². The second-order valence-electron chi connectivity index (χ2n) is 6.31. The van der Waals surface area contributed by atoms with Crippen molar-refractivity contribution in [1.82, 2.24) is 10.2 Å². The monoisotopic (exact) mass is 268 g/mol. The lowest BCUT2D eigenvalue weighted by molar-refractivity contribution is -0.148. The fourth-order valence-electron chi connectivity index (χ4n) is 3.77. The molecule has 1 saturated carbocycles. The summed E-state index contributed by atoms with van der Waals surface area (Å²) in [6.07, 6.45) is 5.05. The molecule has 0 aromatic heterocycles. The predicted molar refractivity (Wildman–Crippen MR) is 76.0 cm³/mol. The van der Waals surface area contributed by atoms with Gasteiger partial charge in [0.2, 0.25) is 0 Å². The summed E-state index contributed by atoms with van der Waals surface area (Å²) in [7, 11) is 1.47. The van der Waals surface area contributed by atoms with E-state index in [9.17, 15) is 4.79 Å². The Bertz CT molecular complexity index is 309. The van der Waals surface area contributed by atoms with E-state index in [2.05, 4.69) is 10.2 Å². The molecule has 0 bridgehead atoms. The smallest absolute Gasteiger partial charge is 0.325 e. The Hall–Kier alpha value is -0.610. The summed E-state index contributed by atoms with van der Waals surface area (Å²) >= 11 is 0. The van der Waals surface area contributed by atoms with Crippen molar-refractivity contribution in [2.24, 2.45) is 11.8 Å². The number of carbonyl (C=O) groups is 1. The van der Waals surface area contributed by atoms with Crippen molar-refractivity contribution in [2.75, 3.05) is 33.3 Å². The maximum absolute atomic E-state index is 11.9. The molecule has 1 N–H and O–H groups in total. The van der Waals surface area contributed by atoms with Crippen LogP contribution in [0, 0.1) is 11.8 Å². The van der Waals surface area contributed by atoms with Gasteiger partial charge in [-0.1, -0.05) is 13.3 Å². The number of rotatable bonds is 6. The summed E-state index contributed by atoms with van der Waals surface area (Å²) < 4.78 is 4.94. The third-order valence-corrected chi connectivity index (χ3v) is 4.93. The van der Waals surface area contributed by atoms with Crippen LogP contribution < -0.4 is 5.32 Å². The maximum Gasteiger partial charge on any atom is 0.325 e. The van der Waals surface area contributed by atoms with Crippen molar-refractivity contribution in [3.63, 3.8) is 0 Å². The Kier molecular flexibility index (Phi) is 4.85. The fraction of sp³-hybridized carbons (Fsp3) is 0.933. The molecule has 1 aliphatic carbocycles. The standard InChI is InChI=1S/C15H28N2O2/c1-4-16-15(2,14(18)19-3)8-9-17-10-12-6-5-7-13(12)11-17/h12-13,16H,4-11H2,1-3H3. The van der Waals surface area contributed by atoms with Crippen LogP contribution in [0.5, 0.6) is 0 Å². The number of carbonyl (C=O) groups excluding carboxylic acids is 1. The first kappa shape index (κ1) is 14.8. The summed E-state index contributed by atoms with van der Waals surface area (Å²) in [6, 6.07) is 0. The van der Waals surface area contributed by atoms with Crippen molar-refractivity contribution in [3.8, 4) is 0 Å². The molecule has 2 rings (SSSR count). The van der Waals surface area contributed by atoms with Crippen molar-refractivity contribution in [2.45, 2.75) is 45.1 Å². The molecule has 1 aliphatic heterocycles. The minimum Gasteiger partial charge on any atom is -0.468 e. The predicted octanol–water partition coefficient (Wildman–Crippen LogP) is 1.65. The van der Waals surface area contributed by atoms with Gasteiger partial charge in [0.25, 0.3) is 0 Å². The summed E-state index contributed by atoms with van der Waals surface area (Å²) in [5.41, 5.74) is -0.540. The molecule has 110 valence electrons. The second-order valence-corrected chi connectivity index (χ2v) is 6.31. The highest BCUT2D eigenvalue weighted by atomic mass is 16.5. The first-order valence-corrected chi connectivity index (χ1v) is 7.65. The van der Waals surface area contributed by atoms with Gasteiger partial charge < -0.3 is 15.0 Å². The lowest BCUT2D eigenvalue weighted by Crippen LogP contribution is -2.51. The molecule has 2 aliphatic rings. The number of methoxy groups -OCH3 is 1. The molecule has 4 nitrogen and oxygen atoms in total. The van der Waals surface area contributed by atoms with E-state index in [4.69, 9.17) is 4.74 Å². The number of likely N-dealkylation sites (N-methyl/N-ethyl adjacent to an activating group) is 1. The summed E-state index contributed by atoms with van der Waals surface area (Å²) in [5, 5.41) is 3.28. The van der Waals surface area contributed by atoms with E-state index in [-0.39, 0.29) is 5.97 Å². The normalized spacial score (nSPS) is 30.1. The van der Waals surface area contributed by atoms with Gasteiger partial charge >= 0.3 is 5.97 Å². The van der Waals surface area contributed by atoms with Crippen LogP contribution in [0.25, 0.3) is 0 Å². The highest BCUT2D eigenvalue weighted by Crippen LogP contribution is 2.37. The first-order valence-electron chi connectivity index (χ1n) is 7.65. The lowest BCUT2D eigenvalue weighted by Gasteiger charge is -2.29. The number of fused-ring (bicyclic) bond motifs is 1. The third kappa shape index (κ3) is 3.29. The van der Waals surface area contributed by atoms with Crippen LogP contribution in [0.1, 0.15) is 39.5 Å². The molecule has 3 atom stereocenters. The van der Waals surface area contributed by atoms with E-state index >= 15 is 0 Å². The number of nitrogens with one attached hydrogen (secondary N) is 1. The van der Waals surface area contributed by atoms with Crippen molar-refractivity contribution < 1.29 is 9.53 Å². The average molecular weight is 268 g/mol. The number of hydrogen-bond acceptors (Lipinski definition) is 4. The minimum absolute atomic E-state index is 0.145. The van der Waals surface area contributed by atoms with Crippen LogP contribution >= 0.6 is 0 Å². The van der Waals surface area contributed by atoms with Gasteiger partial charge in [0.15, 0.2) is 0 Å². The summed E-state index contributed by atoms with van der Waals surface area (Å²) in [4.78, 5) is 14.5.